The number of hydrogen-bond donors (Lipinski definition) is 5. The summed E-state index contributed by atoms with van der Waals surface area (Å²) in [7, 11) is -1.41. The summed E-state index contributed by atoms with van der Waals surface area (Å²) >= 11 is 13.1. The van der Waals surface area contributed by atoms with Crippen LogP contribution < -0.4 is 46.2 Å². The van der Waals surface area contributed by atoms with Crippen LogP contribution in [0.5, 0.6) is 11.5 Å². The van der Waals surface area contributed by atoms with Gasteiger partial charge < -0.3 is 69.2 Å². The number of halogens is 3. The number of methoxy groups -OCH3 is 2. The van der Waals surface area contributed by atoms with E-state index in [-0.39, 0.29) is 10.2 Å². The Labute approximate surface area is 773 Å². The molecule has 15 rings (SSSR count). The van der Waals surface area contributed by atoms with E-state index in [0.29, 0.717) is 35.3 Å². The van der Waals surface area contributed by atoms with E-state index in [1.54, 1.807) is 65.4 Å². The molecule has 0 spiro atoms. The van der Waals surface area contributed by atoms with E-state index in [9.17, 15) is 17.5 Å². The van der Waals surface area contributed by atoms with Crippen LogP contribution in [0.25, 0.3) is 22.3 Å². The molecule has 6 aliphatic rings. The molecule has 6 saturated heterocycles. The van der Waals surface area contributed by atoms with E-state index in [2.05, 4.69) is 184 Å². The fourth-order valence-electron chi connectivity index (χ4n) is 16.5. The smallest absolute Gasteiger partial charge is 0.294 e. The van der Waals surface area contributed by atoms with Gasteiger partial charge >= 0.3 is 0 Å². The Morgan fingerprint density at radius 3 is 1.52 bits per heavy atom. The summed E-state index contributed by atoms with van der Waals surface area (Å²) < 4.78 is 84.1. The lowest BCUT2D eigenvalue weighted by Gasteiger charge is -2.43. The first-order chi connectivity index (χ1) is 60.9. The Bertz CT molecular complexity index is 5220. The monoisotopic (exact) mass is 1950 g/mol. The number of nitrogens with one attached hydrogen (secondary N) is 2. The number of rotatable bonds is 27. The van der Waals surface area contributed by atoms with E-state index >= 15 is 0 Å². The van der Waals surface area contributed by atoms with Gasteiger partial charge in [0.2, 0.25) is 11.2 Å². The highest BCUT2D eigenvalue weighted by Gasteiger charge is 2.32. The number of hydrogen-bond acceptors (Lipinski definition) is 26. The summed E-state index contributed by atoms with van der Waals surface area (Å²) in [5, 5.41) is 25.9. The van der Waals surface area contributed by atoms with Crippen molar-refractivity contribution in [1.82, 2.24) is 68.9 Å². The largest absolute Gasteiger partial charge is 0.495 e. The van der Waals surface area contributed by atoms with E-state index in [1.165, 1.54) is 99.6 Å². The molecule has 0 saturated carbocycles. The molecule has 4 aromatic heterocycles. The molecule has 29 nitrogen and oxygen atoms in total. The standard InChI is InChI=1S/C40H56BrN10O3P.C22H26BrClN5O2P.C19H32N4O.C7H8O3S.C4H10O/c1-6-29-23-35(37(53-3)25-36(29)50-11-9-32(10-12-50)49-16-13-47(2)14-17-49)45-40-42-27-33(41)39(46-40)44-34-8-7-30(24-38(34)55(4,5)52)31-26-43-51(28-31)18-15-48-19-21-54-22-20-48;1-32(2,30)21-12-16(3-4-17(21)11-20-19(23)14-25-22(24)27-20)18-13-26-29(15-18)6-5-28-7-9-31-10-8-28;1-4-15-13-17(20)19(24-3)14-18(15)23-7-5-16(6-8-23)22-11-9-21(2)10-12-22;1-6-2-4-7(5-3-6)11(8,9)10;1-2-3-4-5/h7-8,23-28,32H,6,9-22H2,1-5H3,(H2,42,44,45,46);3-4,12-15H,5-11H2,1-2H3;13-14,16H,4-12,20H2,1-3H3;2-5H,1H3,(H,8,9,10);5H,2-4H2,1H3. The zero-order valence-electron chi connectivity index (χ0n) is 76.1. The molecule has 35 heteroatoms. The van der Waals surface area contributed by atoms with Crippen molar-refractivity contribution in [1.29, 1.82) is 0 Å². The minimum atomic E-state index is -4.02. The SMILES string of the molecule is CCCCO.CCc1cc(N)c(OC)cc1N1CCC(N2CCN(C)CC2)CC1.CCc1cc(Nc2ncc(Br)c(Nc3ccc(-c4cnn(CCN5CCOCC5)c4)cc3P(C)(C)=O)n2)c(OC)cc1N1CCC(N2CCN(C)CC2)CC1.CP(C)(=O)c1cc(-c2cnn(CCN3CCOCC3)c2)ccc1Cc1nc(Cl)ncc1Br.Cc1ccc(S(=O)(=O)O)cc1. The molecular weight excluding hydrogens is 1820 g/mol. The number of aliphatic hydroxyl groups is 1. The van der Waals surface area contributed by atoms with Crippen molar-refractivity contribution in [2.45, 2.75) is 116 Å². The summed E-state index contributed by atoms with van der Waals surface area (Å²) in [6.45, 7) is 40.1. The number of piperidine rings is 2. The summed E-state index contributed by atoms with van der Waals surface area (Å²) in [6, 6.07) is 28.1. The van der Waals surface area contributed by atoms with Gasteiger partial charge in [-0.25, -0.2) is 15.0 Å². The zero-order chi connectivity index (χ0) is 91.0. The lowest BCUT2D eigenvalue weighted by atomic mass is 9.99. The number of morpholine rings is 2. The van der Waals surface area contributed by atoms with Crippen molar-refractivity contribution in [2.75, 3.05) is 232 Å². The van der Waals surface area contributed by atoms with Gasteiger partial charge in [-0.3, -0.25) is 33.5 Å². The van der Waals surface area contributed by atoms with Crippen molar-refractivity contribution in [3.8, 4) is 33.8 Å². The van der Waals surface area contributed by atoms with Crippen LogP contribution >= 0.6 is 57.7 Å². The van der Waals surface area contributed by atoms with Crippen LogP contribution in [0.1, 0.15) is 87.2 Å². The number of aliphatic hydroxyl groups excluding tert-OH is 1. The normalized spacial score (nSPS) is 17.0. The Morgan fingerprint density at radius 1 is 0.559 bits per heavy atom. The number of ether oxygens (including phenoxy) is 4. The van der Waals surface area contributed by atoms with E-state index in [0.717, 1.165) is 232 Å². The highest BCUT2D eigenvalue weighted by atomic mass is 79.9. The molecule has 6 fully saturated rings. The third kappa shape index (κ3) is 29.3. The van der Waals surface area contributed by atoms with Crippen molar-refractivity contribution < 1.29 is 46.2 Å². The first kappa shape index (κ1) is 100. The Hall–Kier alpha value is -7.46. The van der Waals surface area contributed by atoms with Gasteiger partial charge in [0.05, 0.1) is 103 Å². The number of piperazine rings is 2. The van der Waals surface area contributed by atoms with Crippen molar-refractivity contribution in [2.24, 2.45) is 0 Å². The zero-order valence-corrected chi connectivity index (χ0v) is 82.6. The Balaban J connectivity index is 0.000000182. The second-order valence-corrected chi connectivity index (χ2v) is 43.8. The number of nitrogens with two attached hydrogens (primary N) is 1. The highest BCUT2D eigenvalue weighted by Crippen LogP contribution is 2.43. The lowest BCUT2D eigenvalue weighted by Crippen LogP contribution is -2.52. The van der Waals surface area contributed by atoms with E-state index in [4.69, 9.17) is 50.9 Å². The number of anilines is 7. The summed E-state index contributed by atoms with van der Waals surface area (Å²) in [5.74, 6) is 2.52. The van der Waals surface area contributed by atoms with Gasteiger partial charge in [0.15, 0.2) is 0 Å². The lowest BCUT2D eigenvalue weighted by molar-refractivity contribution is 0.0359. The number of nitrogens with zero attached hydrogens (tertiary/aromatic N) is 16. The van der Waals surface area contributed by atoms with Gasteiger partial charge in [-0.05, 0) is 206 Å². The third-order valence-corrected chi connectivity index (χ3v) is 29.6. The quantitative estimate of drug-likeness (QED) is 0.0138. The predicted molar refractivity (Wildman–Crippen MR) is 523 cm³/mol. The molecule has 127 heavy (non-hydrogen) atoms. The number of unbranched alkanes of at least 4 members (excludes halogenated alkanes) is 1. The van der Waals surface area contributed by atoms with Gasteiger partial charge in [0.25, 0.3) is 10.1 Å². The number of aryl methyl sites for hydroxylation is 3. The van der Waals surface area contributed by atoms with Gasteiger partial charge in [-0.15, -0.1) is 0 Å². The van der Waals surface area contributed by atoms with E-state index in [1.807, 2.05) is 59.0 Å². The maximum Gasteiger partial charge on any atom is 0.294 e. The molecule has 9 aromatic rings. The van der Waals surface area contributed by atoms with Gasteiger partial charge in [0.1, 0.15) is 31.6 Å². The molecule has 0 radical (unpaired) electrons. The molecule has 6 N–H and O–H groups in total. The van der Waals surface area contributed by atoms with Crippen LogP contribution in [0.4, 0.5) is 40.2 Å². The predicted octanol–water partition coefficient (Wildman–Crippen LogP) is 14.0. The van der Waals surface area contributed by atoms with Crippen LogP contribution in [0.2, 0.25) is 5.28 Å². The van der Waals surface area contributed by atoms with Gasteiger partial charge in [-0.1, -0.05) is 63.1 Å². The molecule has 0 atom stereocenters. The average Bonchev–Trinajstić information content (AvgIpc) is 1.67. The Morgan fingerprint density at radius 2 is 1.05 bits per heavy atom. The second-order valence-electron chi connectivity index (χ2n) is 34.0. The topological polar surface area (TPSA) is 309 Å². The van der Waals surface area contributed by atoms with Crippen molar-refractivity contribution >= 4 is 119 Å². The first-order valence-corrected chi connectivity index (χ1v) is 53.0. The van der Waals surface area contributed by atoms with E-state index < -0.39 is 24.4 Å². The molecule has 692 valence electrons. The maximum absolute atomic E-state index is 13.7. The molecule has 0 unspecified atom stereocenters. The molecular formula is C92H132Br2ClN19O10P2S. The fourth-order valence-corrected chi connectivity index (χ4v) is 20.2. The van der Waals surface area contributed by atoms with Crippen LogP contribution in [-0.4, -0.2) is 305 Å². The van der Waals surface area contributed by atoms with Crippen LogP contribution in [0, 0.1) is 6.92 Å². The molecule has 5 aromatic carbocycles. The number of nitrogen functional groups attached to an aromatic ring is 1. The average molecular weight is 1950 g/mol. The summed E-state index contributed by atoms with van der Waals surface area (Å²) in [5.41, 5.74) is 20.2. The molecule has 10 heterocycles. The van der Waals surface area contributed by atoms with Crippen LogP contribution in [0.15, 0.2) is 136 Å². The number of likely N-dealkylation sites (N-methyl/N-ethyl adjacent to an activating group) is 2. The fraction of sp³-hybridized carbons (Fsp3) is 0.522. The number of benzene rings is 5. The highest BCUT2D eigenvalue weighted by molar-refractivity contribution is 9.11. The third-order valence-electron chi connectivity index (χ3n) is 24.2. The number of aromatic nitrogens is 8. The minimum absolute atomic E-state index is 0.0666. The van der Waals surface area contributed by atoms with Crippen molar-refractivity contribution in [3.63, 3.8) is 0 Å². The summed E-state index contributed by atoms with van der Waals surface area (Å²) in [6.07, 6.45) is 20.5. The van der Waals surface area contributed by atoms with Crippen molar-refractivity contribution in [3.05, 3.63) is 164 Å². The van der Waals surface area contributed by atoms with Crippen LogP contribution in [-0.2, 0) is 61.1 Å². The minimum Gasteiger partial charge on any atom is -0.495 e. The molecule has 0 bridgehead atoms. The Kier molecular flexibility index (Phi) is 37.9. The van der Waals surface area contributed by atoms with Crippen LogP contribution in [0.3, 0.4) is 0 Å². The first-order valence-electron chi connectivity index (χ1n) is 44.4. The summed E-state index contributed by atoms with van der Waals surface area (Å²) in [4.78, 5) is 37.8. The van der Waals surface area contributed by atoms with Gasteiger partial charge in [-0.2, -0.15) is 23.6 Å². The molecule has 0 amide bonds. The van der Waals surface area contributed by atoms with Gasteiger partial charge in [0, 0.05) is 213 Å². The molecule has 0 aliphatic carbocycles. The molecule has 6 aliphatic heterocycles. The second kappa shape index (κ2) is 48.1. The maximum atomic E-state index is 13.7.